The largest absolute Gasteiger partial charge is 0.301 e. The van der Waals surface area contributed by atoms with Crippen LogP contribution in [0.4, 0.5) is 0 Å². The molecule has 0 N–H and O–H groups in total. The maximum Gasteiger partial charge on any atom is 0.0436 e. The standard InChI is InChI=1S/C13H27N3/c1-5-14-6-8-16(9-7-14)13(4)10-15(11-13)12(2)3/h12H,5-11H2,1-4H3. The van der Waals surface area contributed by atoms with Crippen LogP contribution in [0, 0.1) is 0 Å². The fourth-order valence-electron chi connectivity index (χ4n) is 3.00. The first-order valence-corrected chi connectivity index (χ1v) is 6.76. The van der Waals surface area contributed by atoms with E-state index in [1.165, 1.54) is 45.8 Å². The minimum absolute atomic E-state index is 0.462. The summed E-state index contributed by atoms with van der Waals surface area (Å²) in [5, 5.41) is 0. The summed E-state index contributed by atoms with van der Waals surface area (Å²) >= 11 is 0. The summed E-state index contributed by atoms with van der Waals surface area (Å²) in [7, 11) is 0. The molecule has 0 aromatic carbocycles. The topological polar surface area (TPSA) is 9.72 Å². The Labute approximate surface area is 100 Å². The van der Waals surface area contributed by atoms with Gasteiger partial charge in [-0.25, -0.2) is 0 Å². The SMILES string of the molecule is CCN1CCN(C2(C)CN(C(C)C)C2)CC1. The van der Waals surface area contributed by atoms with Crippen LogP contribution in [-0.2, 0) is 0 Å². The first-order valence-electron chi connectivity index (χ1n) is 6.76. The second kappa shape index (κ2) is 4.63. The lowest BCUT2D eigenvalue weighted by Crippen LogP contribution is -2.72. The van der Waals surface area contributed by atoms with Crippen molar-refractivity contribution in [2.75, 3.05) is 45.8 Å². The van der Waals surface area contributed by atoms with Crippen LogP contribution in [0.5, 0.6) is 0 Å². The molecular weight excluding hydrogens is 198 g/mol. The van der Waals surface area contributed by atoms with Crippen molar-refractivity contribution in [3.05, 3.63) is 0 Å². The van der Waals surface area contributed by atoms with Gasteiger partial charge in [0.05, 0.1) is 0 Å². The molecule has 3 nitrogen and oxygen atoms in total. The van der Waals surface area contributed by atoms with E-state index in [-0.39, 0.29) is 0 Å². The van der Waals surface area contributed by atoms with Gasteiger partial charge in [0.2, 0.25) is 0 Å². The molecular formula is C13H27N3. The first kappa shape index (κ1) is 12.3. The number of piperazine rings is 1. The molecule has 0 atom stereocenters. The molecule has 2 fully saturated rings. The highest BCUT2D eigenvalue weighted by molar-refractivity contribution is 5.02. The highest BCUT2D eigenvalue weighted by atomic mass is 15.4. The van der Waals surface area contributed by atoms with E-state index in [9.17, 15) is 0 Å². The van der Waals surface area contributed by atoms with Crippen molar-refractivity contribution < 1.29 is 0 Å². The number of likely N-dealkylation sites (tertiary alicyclic amines) is 1. The molecule has 0 aliphatic carbocycles. The van der Waals surface area contributed by atoms with Crippen molar-refractivity contribution in [2.45, 2.75) is 39.3 Å². The Hall–Kier alpha value is -0.120. The smallest absolute Gasteiger partial charge is 0.0436 e. The molecule has 2 rings (SSSR count). The Morgan fingerprint density at radius 1 is 1.06 bits per heavy atom. The molecule has 0 aromatic heterocycles. The average molecular weight is 225 g/mol. The number of likely N-dealkylation sites (N-methyl/N-ethyl adjacent to an activating group) is 1. The molecule has 0 radical (unpaired) electrons. The Kier molecular flexibility index (Phi) is 3.57. The van der Waals surface area contributed by atoms with E-state index in [1.54, 1.807) is 0 Å². The molecule has 2 heterocycles. The molecule has 2 aliphatic rings. The Bertz CT molecular complexity index is 225. The van der Waals surface area contributed by atoms with Crippen LogP contribution in [0.15, 0.2) is 0 Å². The van der Waals surface area contributed by atoms with Gasteiger partial charge >= 0.3 is 0 Å². The zero-order chi connectivity index (χ0) is 11.8. The fraction of sp³-hybridized carbons (Fsp3) is 1.00. The van der Waals surface area contributed by atoms with Crippen molar-refractivity contribution in [3.63, 3.8) is 0 Å². The second-order valence-corrected chi connectivity index (χ2v) is 5.92. The predicted molar refractivity (Wildman–Crippen MR) is 68.8 cm³/mol. The summed E-state index contributed by atoms with van der Waals surface area (Å²) in [6.45, 7) is 18.1. The third-order valence-corrected chi connectivity index (χ3v) is 4.40. The Morgan fingerprint density at radius 2 is 1.62 bits per heavy atom. The van der Waals surface area contributed by atoms with E-state index in [2.05, 4.69) is 42.4 Å². The molecule has 0 unspecified atom stereocenters. The number of hydrogen-bond donors (Lipinski definition) is 0. The average Bonchev–Trinajstić information content (AvgIpc) is 2.24. The summed E-state index contributed by atoms with van der Waals surface area (Å²) in [4.78, 5) is 7.84. The van der Waals surface area contributed by atoms with Gasteiger partial charge in [-0.05, 0) is 27.3 Å². The maximum absolute atomic E-state index is 2.71. The summed E-state index contributed by atoms with van der Waals surface area (Å²) in [6.07, 6.45) is 0. The van der Waals surface area contributed by atoms with Crippen LogP contribution in [0.2, 0.25) is 0 Å². The second-order valence-electron chi connectivity index (χ2n) is 5.92. The predicted octanol–water partition coefficient (Wildman–Crippen LogP) is 1.11. The number of nitrogens with zero attached hydrogens (tertiary/aromatic N) is 3. The van der Waals surface area contributed by atoms with Crippen molar-refractivity contribution >= 4 is 0 Å². The first-order chi connectivity index (χ1) is 7.55. The number of hydrogen-bond acceptors (Lipinski definition) is 3. The normalized spacial score (nSPS) is 28.3. The van der Waals surface area contributed by atoms with E-state index in [1.807, 2.05) is 0 Å². The highest BCUT2D eigenvalue weighted by Crippen LogP contribution is 2.29. The van der Waals surface area contributed by atoms with Gasteiger partial charge in [-0.15, -0.1) is 0 Å². The fourth-order valence-corrected chi connectivity index (χ4v) is 3.00. The lowest BCUT2D eigenvalue weighted by atomic mass is 9.88. The van der Waals surface area contributed by atoms with Crippen molar-refractivity contribution in [3.8, 4) is 0 Å². The molecule has 16 heavy (non-hydrogen) atoms. The van der Waals surface area contributed by atoms with Crippen LogP contribution < -0.4 is 0 Å². The summed E-state index contributed by atoms with van der Waals surface area (Å²) < 4.78 is 0. The van der Waals surface area contributed by atoms with Crippen LogP contribution in [0.25, 0.3) is 0 Å². The number of rotatable bonds is 3. The van der Waals surface area contributed by atoms with Gasteiger partial charge < -0.3 is 4.90 Å². The van der Waals surface area contributed by atoms with E-state index in [4.69, 9.17) is 0 Å². The minimum Gasteiger partial charge on any atom is -0.301 e. The third-order valence-electron chi connectivity index (χ3n) is 4.40. The van der Waals surface area contributed by atoms with Gasteiger partial charge in [-0.2, -0.15) is 0 Å². The molecule has 2 aliphatic heterocycles. The van der Waals surface area contributed by atoms with Gasteiger partial charge in [0.15, 0.2) is 0 Å². The molecule has 94 valence electrons. The Morgan fingerprint density at radius 3 is 2.06 bits per heavy atom. The quantitative estimate of drug-likeness (QED) is 0.712. The minimum atomic E-state index is 0.462. The van der Waals surface area contributed by atoms with E-state index < -0.39 is 0 Å². The summed E-state index contributed by atoms with van der Waals surface area (Å²) in [6, 6.07) is 0.713. The highest BCUT2D eigenvalue weighted by Gasteiger charge is 2.44. The van der Waals surface area contributed by atoms with Crippen LogP contribution in [-0.4, -0.2) is 72.1 Å². The van der Waals surface area contributed by atoms with E-state index in [0.29, 0.717) is 11.6 Å². The van der Waals surface area contributed by atoms with Gasteiger partial charge in [-0.1, -0.05) is 6.92 Å². The van der Waals surface area contributed by atoms with Crippen LogP contribution in [0.3, 0.4) is 0 Å². The van der Waals surface area contributed by atoms with Crippen LogP contribution >= 0.6 is 0 Å². The molecule has 0 aromatic rings. The molecule has 0 spiro atoms. The molecule has 0 amide bonds. The van der Waals surface area contributed by atoms with Gasteiger partial charge in [0, 0.05) is 50.8 Å². The van der Waals surface area contributed by atoms with E-state index >= 15 is 0 Å². The van der Waals surface area contributed by atoms with E-state index in [0.717, 1.165) is 0 Å². The monoisotopic (exact) mass is 225 g/mol. The lowest BCUT2D eigenvalue weighted by Gasteiger charge is -2.57. The van der Waals surface area contributed by atoms with Gasteiger partial charge in [0.1, 0.15) is 0 Å². The Balaban J connectivity index is 1.82. The van der Waals surface area contributed by atoms with Crippen molar-refractivity contribution in [2.24, 2.45) is 0 Å². The molecule has 2 saturated heterocycles. The van der Waals surface area contributed by atoms with Crippen molar-refractivity contribution in [1.29, 1.82) is 0 Å². The van der Waals surface area contributed by atoms with Gasteiger partial charge in [0.25, 0.3) is 0 Å². The van der Waals surface area contributed by atoms with Crippen molar-refractivity contribution in [1.82, 2.24) is 14.7 Å². The lowest BCUT2D eigenvalue weighted by molar-refractivity contribution is -0.0738. The zero-order valence-corrected chi connectivity index (χ0v) is 11.4. The maximum atomic E-state index is 2.71. The molecule has 0 saturated carbocycles. The zero-order valence-electron chi connectivity index (χ0n) is 11.4. The summed E-state index contributed by atoms with van der Waals surface area (Å²) in [5.74, 6) is 0. The van der Waals surface area contributed by atoms with Crippen LogP contribution in [0.1, 0.15) is 27.7 Å². The summed E-state index contributed by atoms with van der Waals surface area (Å²) in [5.41, 5.74) is 0.462. The van der Waals surface area contributed by atoms with Gasteiger partial charge in [-0.3, -0.25) is 9.80 Å². The third kappa shape index (κ3) is 2.27. The molecule has 0 bridgehead atoms. The molecule has 3 heteroatoms.